The molecule has 0 unspecified atom stereocenters. The minimum Gasteiger partial charge on any atom is -0.259 e. The van der Waals surface area contributed by atoms with Crippen molar-refractivity contribution in [3.8, 4) is 6.07 Å². The fraction of sp³-hybridized carbons (Fsp3) is 0. The Hall–Kier alpha value is -2.15. The molecule has 0 amide bonds. The van der Waals surface area contributed by atoms with E-state index in [1.807, 2.05) is 6.07 Å². The van der Waals surface area contributed by atoms with Crippen molar-refractivity contribution in [3.63, 3.8) is 0 Å². The summed E-state index contributed by atoms with van der Waals surface area (Å²) < 4.78 is 0. The highest BCUT2D eigenvalue weighted by Gasteiger charge is 1.97. The van der Waals surface area contributed by atoms with Gasteiger partial charge < -0.3 is 0 Å². The van der Waals surface area contributed by atoms with Crippen LogP contribution in [-0.4, -0.2) is 4.92 Å². The van der Waals surface area contributed by atoms with Crippen LogP contribution in [-0.2, 0) is 0 Å². The van der Waals surface area contributed by atoms with E-state index in [1.165, 1.54) is 6.08 Å². The molecule has 0 aliphatic rings. The van der Waals surface area contributed by atoms with Crippen LogP contribution in [0.5, 0.6) is 0 Å². The lowest BCUT2D eigenvalue weighted by molar-refractivity contribution is -0.400. The highest BCUT2D eigenvalue weighted by molar-refractivity contribution is 5.56. The largest absolute Gasteiger partial charge is 0.259 e. The molecule has 0 spiro atoms. The molecule has 0 fully saturated rings. The van der Waals surface area contributed by atoms with Crippen molar-refractivity contribution in [2.45, 2.75) is 0 Å². The number of nitrogens with zero attached hydrogens (tertiary/aromatic N) is 2. The second-order valence-electron chi connectivity index (χ2n) is 2.30. The molecule has 4 nitrogen and oxygen atoms in total. The lowest BCUT2D eigenvalue weighted by Crippen LogP contribution is -1.84. The molecule has 0 heterocycles. The Bertz CT molecular complexity index is 391. The Balaban J connectivity index is 3.02. The van der Waals surface area contributed by atoms with Gasteiger partial charge in [0.15, 0.2) is 0 Å². The maximum Gasteiger partial charge on any atom is 0.235 e. The minimum atomic E-state index is -0.561. The second kappa shape index (κ2) is 4.02. The van der Waals surface area contributed by atoms with Gasteiger partial charge in [-0.1, -0.05) is 18.2 Å². The summed E-state index contributed by atoms with van der Waals surface area (Å²) in [4.78, 5) is 9.45. The molecule has 0 aliphatic carbocycles. The lowest BCUT2D eigenvalue weighted by Gasteiger charge is -1.92. The average Bonchev–Trinajstić information content (AvgIpc) is 2.15. The average molecular weight is 174 g/mol. The summed E-state index contributed by atoms with van der Waals surface area (Å²) in [5, 5.41) is 18.6. The van der Waals surface area contributed by atoms with Gasteiger partial charge in [0.25, 0.3) is 0 Å². The summed E-state index contributed by atoms with van der Waals surface area (Å²) in [5.41, 5.74) is 0.988. The van der Waals surface area contributed by atoms with E-state index < -0.39 is 4.92 Å². The summed E-state index contributed by atoms with van der Waals surface area (Å²) in [5.74, 6) is 0. The van der Waals surface area contributed by atoms with Crippen LogP contribution < -0.4 is 0 Å². The first-order valence-corrected chi connectivity index (χ1v) is 3.55. The molecule has 13 heavy (non-hydrogen) atoms. The molecule has 0 aliphatic heterocycles. The van der Waals surface area contributed by atoms with Gasteiger partial charge >= 0.3 is 0 Å². The van der Waals surface area contributed by atoms with Crippen LogP contribution in [0, 0.1) is 21.4 Å². The molecule has 0 bridgehead atoms. The van der Waals surface area contributed by atoms with Gasteiger partial charge in [0.05, 0.1) is 16.6 Å². The zero-order valence-corrected chi connectivity index (χ0v) is 6.68. The van der Waals surface area contributed by atoms with E-state index in [1.54, 1.807) is 24.3 Å². The molecule has 1 rings (SSSR count). The Labute approximate surface area is 74.9 Å². The molecule has 1 aromatic rings. The molecular formula is C9H6N2O2. The van der Waals surface area contributed by atoms with Crippen molar-refractivity contribution < 1.29 is 4.92 Å². The number of benzene rings is 1. The molecule has 0 radical (unpaired) electrons. The van der Waals surface area contributed by atoms with E-state index in [-0.39, 0.29) is 0 Å². The SMILES string of the molecule is N#Cc1ccccc1C=C[N+](=O)[O-]. The van der Waals surface area contributed by atoms with Crippen LogP contribution in [0.4, 0.5) is 0 Å². The molecule has 64 valence electrons. The van der Waals surface area contributed by atoms with Crippen molar-refractivity contribution in [2.75, 3.05) is 0 Å². The first-order valence-electron chi connectivity index (χ1n) is 3.55. The summed E-state index contributed by atoms with van der Waals surface area (Å²) in [6, 6.07) is 8.64. The van der Waals surface area contributed by atoms with E-state index in [0.29, 0.717) is 11.1 Å². The molecule has 1 aromatic carbocycles. The van der Waals surface area contributed by atoms with Crippen molar-refractivity contribution in [3.05, 3.63) is 51.7 Å². The first kappa shape index (κ1) is 8.94. The fourth-order valence-electron chi connectivity index (χ4n) is 0.885. The maximum absolute atomic E-state index is 10.0. The van der Waals surface area contributed by atoms with Gasteiger partial charge in [-0.25, -0.2) is 0 Å². The summed E-state index contributed by atoms with van der Waals surface area (Å²) in [6.07, 6.45) is 2.12. The monoisotopic (exact) mass is 174 g/mol. The van der Waals surface area contributed by atoms with Crippen LogP contribution in [0.25, 0.3) is 6.08 Å². The van der Waals surface area contributed by atoms with E-state index in [4.69, 9.17) is 5.26 Å². The number of nitriles is 1. The normalized spacial score (nSPS) is 9.77. The van der Waals surface area contributed by atoms with Crippen LogP contribution in [0.1, 0.15) is 11.1 Å². The Morgan fingerprint density at radius 3 is 2.77 bits per heavy atom. The molecular weight excluding hydrogens is 168 g/mol. The van der Waals surface area contributed by atoms with Crippen molar-refractivity contribution in [2.24, 2.45) is 0 Å². The van der Waals surface area contributed by atoms with Crippen LogP contribution in [0.15, 0.2) is 30.5 Å². The third-order valence-electron chi connectivity index (χ3n) is 1.46. The number of hydrogen-bond acceptors (Lipinski definition) is 3. The van der Waals surface area contributed by atoms with E-state index in [0.717, 1.165) is 6.20 Å². The minimum absolute atomic E-state index is 0.431. The Kier molecular flexibility index (Phi) is 2.77. The quantitative estimate of drug-likeness (QED) is 0.507. The fourth-order valence-corrected chi connectivity index (χ4v) is 0.885. The smallest absolute Gasteiger partial charge is 0.235 e. The first-order chi connectivity index (χ1) is 6.24. The highest BCUT2D eigenvalue weighted by atomic mass is 16.6. The van der Waals surface area contributed by atoms with Gasteiger partial charge in [-0.05, 0) is 11.6 Å². The van der Waals surface area contributed by atoms with Crippen LogP contribution in [0.2, 0.25) is 0 Å². The summed E-state index contributed by atoms with van der Waals surface area (Å²) in [7, 11) is 0. The maximum atomic E-state index is 10.0. The van der Waals surface area contributed by atoms with Crippen molar-refractivity contribution in [1.82, 2.24) is 0 Å². The molecule has 4 heteroatoms. The van der Waals surface area contributed by atoms with Crippen LogP contribution in [0.3, 0.4) is 0 Å². The lowest BCUT2D eigenvalue weighted by atomic mass is 10.1. The number of hydrogen-bond donors (Lipinski definition) is 0. The molecule has 0 saturated heterocycles. The Morgan fingerprint density at radius 1 is 1.46 bits per heavy atom. The summed E-state index contributed by atoms with van der Waals surface area (Å²) in [6.45, 7) is 0. The van der Waals surface area contributed by atoms with Gasteiger partial charge in [0, 0.05) is 6.08 Å². The highest BCUT2D eigenvalue weighted by Crippen LogP contribution is 2.08. The topological polar surface area (TPSA) is 66.9 Å². The number of rotatable bonds is 2. The van der Waals surface area contributed by atoms with Gasteiger partial charge in [-0.2, -0.15) is 5.26 Å². The third-order valence-corrected chi connectivity index (χ3v) is 1.46. The van der Waals surface area contributed by atoms with Gasteiger partial charge in [0.1, 0.15) is 0 Å². The molecule has 0 aromatic heterocycles. The summed E-state index contributed by atoms with van der Waals surface area (Å²) >= 11 is 0. The van der Waals surface area contributed by atoms with Crippen molar-refractivity contribution in [1.29, 1.82) is 5.26 Å². The van der Waals surface area contributed by atoms with Gasteiger partial charge in [-0.15, -0.1) is 0 Å². The molecule has 0 N–H and O–H groups in total. The zero-order chi connectivity index (χ0) is 9.68. The zero-order valence-electron chi connectivity index (χ0n) is 6.68. The predicted molar refractivity (Wildman–Crippen MR) is 47.2 cm³/mol. The predicted octanol–water partition coefficient (Wildman–Crippen LogP) is 1.81. The van der Waals surface area contributed by atoms with E-state index in [9.17, 15) is 10.1 Å². The molecule has 0 saturated carbocycles. The van der Waals surface area contributed by atoms with Gasteiger partial charge in [-0.3, -0.25) is 10.1 Å². The van der Waals surface area contributed by atoms with Crippen LogP contribution >= 0.6 is 0 Å². The second-order valence-corrected chi connectivity index (χ2v) is 2.30. The van der Waals surface area contributed by atoms with Crippen molar-refractivity contribution >= 4 is 6.08 Å². The standard InChI is InChI=1S/C9H6N2O2/c10-7-9-4-2-1-3-8(9)5-6-11(12)13/h1-6H. The molecule has 0 atom stereocenters. The van der Waals surface area contributed by atoms with Gasteiger partial charge in [0.2, 0.25) is 6.20 Å². The number of nitro groups is 1. The Morgan fingerprint density at radius 2 is 2.15 bits per heavy atom. The third kappa shape index (κ3) is 2.42. The van der Waals surface area contributed by atoms with E-state index in [2.05, 4.69) is 0 Å². The van der Waals surface area contributed by atoms with E-state index >= 15 is 0 Å².